The van der Waals surface area contributed by atoms with E-state index < -0.39 is 0 Å². The van der Waals surface area contributed by atoms with Gasteiger partial charge in [-0.2, -0.15) is 0 Å². The highest BCUT2D eigenvalue weighted by Gasteiger charge is 2.22. The molecule has 0 spiro atoms. The van der Waals surface area contributed by atoms with Gasteiger partial charge >= 0.3 is 0 Å². The topological polar surface area (TPSA) is 51.4 Å². The average molecular weight is 283 g/mol. The Bertz CT molecular complexity index is 606. The second kappa shape index (κ2) is 6.04. The molecule has 110 valence electrons. The van der Waals surface area contributed by atoms with Crippen LogP contribution < -0.4 is 15.4 Å². The molecule has 1 fully saturated rings. The molecule has 4 heteroatoms. The predicted molar refractivity (Wildman–Crippen MR) is 85.8 cm³/mol. The molecule has 2 N–H and O–H groups in total. The van der Waals surface area contributed by atoms with Gasteiger partial charge in [0.25, 0.3) is 0 Å². The van der Waals surface area contributed by atoms with E-state index >= 15 is 0 Å². The molecule has 0 aliphatic carbocycles. The lowest BCUT2D eigenvalue weighted by atomic mass is 9.89. The van der Waals surface area contributed by atoms with Crippen molar-refractivity contribution < 1.29 is 4.74 Å². The largest absolute Gasteiger partial charge is 0.497 e. The zero-order valence-corrected chi connectivity index (χ0v) is 12.3. The maximum atomic E-state index is 6.01. The molecule has 0 saturated carbocycles. The zero-order valence-electron chi connectivity index (χ0n) is 12.3. The highest BCUT2D eigenvalue weighted by atomic mass is 16.5. The minimum absolute atomic E-state index is 0.585. The van der Waals surface area contributed by atoms with Gasteiger partial charge in [0, 0.05) is 19.3 Å². The number of rotatable bonds is 3. The van der Waals surface area contributed by atoms with Crippen LogP contribution in [0.2, 0.25) is 0 Å². The molecular formula is C17H21N3O. The first-order chi connectivity index (χ1) is 10.3. The summed E-state index contributed by atoms with van der Waals surface area (Å²) >= 11 is 0. The molecule has 0 unspecified atom stereocenters. The Kier molecular flexibility index (Phi) is 3.95. The van der Waals surface area contributed by atoms with Crippen molar-refractivity contribution in [3.05, 3.63) is 48.2 Å². The van der Waals surface area contributed by atoms with Crippen LogP contribution in [0.4, 0.5) is 11.5 Å². The van der Waals surface area contributed by atoms with Crippen molar-refractivity contribution in [2.24, 2.45) is 0 Å². The second-order valence-electron chi connectivity index (χ2n) is 5.45. The van der Waals surface area contributed by atoms with E-state index in [2.05, 4.69) is 28.1 Å². The maximum Gasteiger partial charge on any atom is 0.151 e. The summed E-state index contributed by atoms with van der Waals surface area (Å²) in [6.45, 7) is 1.98. The van der Waals surface area contributed by atoms with E-state index in [9.17, 15) is 0 Å². The normalized spacial score (nSPS) is 16.0. The molecule has 21 heavy (non-hydrogen) atoms. The third kappa shape index (κ3) is 2.94. The molecular weight excluding hydrogens is 262 g/mol. The quantitative estimate of drug-likeness (QED) is 0.940. The van der Waals surface area contributed by atoms with Crippen LogP contribution in [0.15, 0.2) is 42.6 Å². The van der Waals surface area contributed by atoms with Crippen molar-refractivity contribution in [1.29, 1.82) is 0 Å². The number of nitrogens with zero attached hydrogens (tertiary/aromatic N) is 2. The molecule has 1 aromatic heterocycles. The van der Waals surface area contributed by atoms with E-state index in [0.29, 0.717) is 5.92 Å². The van der Waals surface area contributed by atoms with E-state index in [1.807, 2.05) is 18.2 Å². The molecule has 3 rings (SSSR count). The average Bonchev–Trinajstić information content (AvgIpc) is 2.56. The van der Waals surface area contributed by atoms with Gasteiger partial charge in [0.2, 0.25) is 0 Å². The Morgan fingerprint density at radius 2 is 2.00 bits per heavy atom. The molecule has 2 aromatic rings. The van der Waals surface area contributed by atoms with E-state index in [1.54, 1.807) is 13.3 Å². The van der Waals surface area contributed by atoms with Crippen molar-refractivity contribution in [3.63, 3.8) is 0 Å². The van der Waals surface area contributed by atoms with Crippen molar-refractivity contribution in [2.75, 3.05) is 30.8 Å². The summed E-state index contributed by atoms with van der Waals surface area (Å²) in [6.07, 6.45) is 4.03. The third-order valence-corrected chi connectivity index (χ3v) is 4.18. The highest BCUT2D eigenvalue weighted by molar-refractivity contribution is 5.62. The SMILES string of the molecule is COc1cccc(C2CCN(c3ncccc3N)CC2)c1. The monoisotopic (exact) mass is 283 g/mol. The predicted octanol–water partition coefficient (Wildman–Crippen LogP) is 3.06. The number of aromatic nitrogens is 1. The van der Waals surface area contributed by atoms with Gasteiger partial charge in [-0.25, -0.2) is 4.98 Å². The van der Waals surface area contributed by atoms with Crippen LogP contribution in [0.5, 0.6) is 5.75 Å². The van der Waals surface area contributed by atoms with Crippen molar-refractivity contribution >= 4 is 11.5 Å². The number of pyridine rings is 1. The molecule has 1 aliphatic heterocycles. The van der Waals surface area contributed by atoms with Gasteiger partial charge in [-0.05, 0) is 48.6 Å². The number of methoxy groups -OCH3 is 1. The fourth-order valence-electron chi connectivity index (χ4n) is 2.99. The molecule has 4 nitrogen and oxygen atoms in total. The minimum atomic E-state index is 0.585. The number of nitrogen functional groups attached to an aromatic ring is 1. The number of ether oxygens (including phenoxy) is 1. The number of nitrogens with two attached hydrogens (primary N) is 1. The summed E-state index contributed by atoms with van der Waals surface area (Å²) in [7, 11) is 1.71. The van der Waals surface area contributed by atoms with Gasteiger partial charge in [-0.3, -0.25) is 0 Å². The fraction of sp³-hybridized carbons (Fsp3) is 0.353. The van der Waals surface area contributed by atoms with Crippen LogP contribution >= 0.6 is 0 Å². The van der Waals surface area contributed by atoms with Gasteiger partial charge in [0.05, 0.1) is 12.8 Å². The Balaban J connectivity index is 1.69. The Labute approximate surface area is 125 Å². The summed E-state index contributed by atoms with van der Waals surface area (Å²) in [6, 6.07) is 12.2. The van der Waals surface area contributed by atoms with Crippen LogP contribution in [0, 0.1) is 0 Å². The Morgan fingerprint density at radius 3 is 2.71 bits per heavy atom. The van der Waals surface area contributed by atoms with Crippen molar-refractivity contribution in [1.82, 2.24) is 4.98 Å². The number of benzene rings is 1. The van der Waals surface area contributed by atoms with E-state index in [4.69, 9.17) is 10.5 Å². The summed E-state index contributed by atoms with van der Waals surface area (Å²) in [5, 5.41) is 0. The number of hydrogen-bond acceptors (Lipinski definition) is 4. The zero-order chi connectivity index (χ0) is 14.7. The molecule has 2 heterocycles. The minimum Gasteiger partial charge on any atom is -0.497 e. The van der Waals surface area contributed by atoms with Gasteiger partial charge in [-0.1, -0.05) is 12.1 Å². The summed E-state index contributed by atoms with van der Waals surface area (Å²) in [5.74, 6) is 2.44. The van der Waals surface area contributed by atoms with Gasteiger partial charge in [0.1, 0.15) is 5.75 Å². The summed E-state index contributed by atoms with van der Waals surface area (Å²) in [4.78, 5) is 6.69. The van der Waals surface area contributed by atoms with Gasteiger partial charge in [0.15, 0.2) is 5.82 Å². The number of hydrogen-bond donors (Lipinski definition) is 1. The van der Waals surface area contributed by atoms with E-state index in [0.717, 1.165) is 43.2 Å². The Morgan fingerprint density at radius 1 is 1.19 bits per heavy atom. The van der Waals surface area contributed by atoms with Crippen LogP contribution in [0.3, 0.4) is 0 Å². The van der Waals surface area contributed by atoms with Gasteiger partial charge < -0.3 is 15.4 Å². The first-order valence-electron chi connectivity index (χ1n) is 7.37. The molecule has 0 bridgehead atoms. The summed E-state index contributed by atoms with van der Waals surface area (Å²) in [5.41, 5.74) is 8.14. The lowest BCUT2D eigenvalue weighted by molar-refractivity contribution is 0.412. The van der Waals surface area contributed by atoms with Crippen LogP contribution in [0.25, 0.3) is 0 Å². The lowest BCUT2D eigenvalue weighted by Gasteiger charge is -2.33. The van der Waals surface area contributed by atoms with E-state index in [1.165, 1.54) is 5.56 Å². The molecule has 1 aliphatic rings. The second-order valence-corrected chi connectivity index (χ2v) is 5.45. The number of piperidine rings is 1. The van der Waals surface area contributed by atoms with Crippen LogP contribution in [0.1, 0.15) is 24.3 Å². The Hall–Kier alpha value is -2.23. The fourth-order valence-corrected chi connectivity index (χ4v) is 2.99. The first kappa shape index (κ1) is 13.7. The third-order valence-electron chi connectivity index (χ3n) is 4.18. The molecule has 0 atom stereocenters. The summed E-state index contributed by atoms with van der Waals surface area (Å²) < 4.78 is 5.31. The smallest absolute Gasteiger partial charge is 0.151 e. The molecule has 1 saturated heterocycles. The van der Waals surface area contributed by atoms with Crippen molar-refractivity contribution in [3.8, 4) is 5.75 Å². The lowest BCUT2D eigenvalue weighted by Crippen LogP contribution is -2.34. The number of anilines is 2. The van der Waals surface area contributed by atoms with Crippen LogP contribution in [-0.4, -0.2) is 25.2 Å². The van der Waals surface area contributed by atoms with Gasteiger partial charge in [-0.15, -0.1) is 0 Å². The highest BCUT2D eigenvalue weighted by Crippen LogP contribution is 2.32. The standard InChI is InChI=1S/C17H21N3O/c1-21-15-5-2-4-14(12-15)13-7-10-20(11-8-13)17-16(18)6-3-9-19-17/h2-6,9,12-13H,7-8,10-11,18H2,1H3. The molecule has 0 amide bonds. The molecule has 0 radical (unpaired) electrons. The molecule has 1 aromatic carbocycles. The maximum absolute atomic E-state index is 6.01. The van der Waals surface area contributed by atoms with E-state index in [-0.39, 0.29) is 0 Å². The first-order valence-corrected chi connectivity index (χ1v) is 7.37. The van der Waals surface area contributed by atoms with Crippen molar-refractivity contribution in [2.45, 2.75) is 18.8 Å². The van der Waals surface area contributed by atoms with Crippen LogP contribution in [-0.2, 0) is 0 Å².